The summed E-state index contributed by atoms with van der Waals surface area (Å²) in [5.41, 5.74) is 0.725. The number of hydrogen-bond donors (Lipinski definition) is 2. The molecule has 0 spiro atoms. The van der Waals surface area contributed by atoms with Gasteiger partial charge >= 0.3 is 5.97 Å². The van der Waals surface area contributed by atoms with E-state index in [1.165, 1.54) is 0 Å². The predicted molar refractivity (Wildman–Crippen MR) is 64.0 cm³/mol. The fraction of sp³-hybridized carbons (Fsp3) is 0.545. The maximum atomic E-state index is 11.1. The number of carboxylic acid groups (broad SMARTS) is 1. The molecular weight excluding hydrogens is 242 g/mol. The second-order valence-corrected chi connectivity index (χ2v) is 4.63. The van der Waals surface area contributed by atoms with Gasteiger partial charge in [-0.05, 0) is 12.8 Å². The largest absolute Gasteiger partial charge is 0.481 e. The molecule has 0 aromatic carbocycles. The topological polar surface area (TPSA) is 75.1 Å². The number of aliphatic carboxylic acids is 1. The molecule has 17 heavy (non-hydrogen) atoms. The van der Waals surface area contributed by atoms with E-state index in [0.29, 0.717) is 5.15 Å². The molecule has 0 amide bonds. The van der Waals surface area contributed by atoms with Gasteiger partial charge in [-0.3, -0.25) is 4.79 Å². The van der Waals surface area contributed by atoms with E-state index in [0.717, 1.165) is 31.4 Å². The standard InChI is InChI=1S/C11H14ClN3O2/c12-10-5-7(6-13-15-10)14-9-4-2-1-3-8(9)11(16)17/h5-6,8-9H,1-4H2,(H,14,15)(H,16,17). The summed E-state index contributed by atoms with van der Waals surface area (Å²) in [5, 5.41) is 20.0. The molecule has 0 radical (unpaired) electrons. The van der Waals surface area contributed by atoms with E-state index >= 15 is 0 Å². The van der Waals surface area contributed by atoms with Crippen LogP contribution in [0.1, 0.15) is 25.7 Å². The van der Waals surface area contributed by atoms with E-state index in [9.17, 15) is 4.79 Å². The van der Waals surface area contributed by atoms with Crippen molar-refractivity contribution in [2.75, 3.05) is 5.32 Å². The highest BCUT2D eigenvalue weighted by molar-refractivity contribution is 6.29. The number of hydrogen-bond acceptors (Lipinski definition) is 4. The minimum atomic E-state index is -0.740. The van der Waals surface area contributed by atoms with Crippen LogP contribution in [0.5, 0.6) is 0 Å². The van der Waals surface area contributed by atoms with E-state index in [-0.39, 0.29) is 12.0 Å². The average molecular weight is 256 g/mol. The number of carboxylic acids is 1. The van der Waals surface area contributed by atoms with Crippen molar-refractivity contribution < 1.29 is 9.90 Å². The van der Waals surface area contributed by atoms with Gasteiger partial charge in [-0.1, -0.05) is 24.4 Å². The summed E-state index contributed by atoms with van der Waals surface area (Å²) in [5.74, 6) is -1.08. The van der Waals surface area contributed by atoms with Crippen molar-refractivity contribution in [3.05, 3.63) is 17.4 Å². The Morgan fingerprint density at radius 2 is 2.24 bits per heavy atom. The Labute approximate surface area is 104 Å². The Bertz CT molecular complexity index is 413. The lowest BCUT2D eigenvalue weighted by Gasteiger charge is -2.29. The molecule has 1 aliphatic rings. The first-order valence-electron chi connectivity index (χ1n) is 5.64. The maximum Gasteiger partial charge on any atom is 0.308 e. The van der Waals surface area contributed by atoms with Crippen molar-refractivity contribution in [3.8, 4) is 0 Å². The Morgan fingerprint density at radius 3 is 2.94 bits per heavy atom. The molecule has 2 rings (SSSR count). The molecule has 1 aliphatic carbocycles. The third-order valence-electron chi connectivity index (χ3n) is 3.06. The molecule has 6 heteroatoms. The first-order valence-corrected chi connectivity index (χ1v) is 6.02. The van der Waals surface area contributed by atoms with Gasteiger partial charge in [0, 0.05) is 12.1 Å². The molecule has 0 saturated heterocycles. The van der Waals surface area contributed by atoms with Crippen molar-refractivity contribution in [3.63, 3.8) is 0 Å². The van der Waals surface area contributed by atoms with Crippen molar-refractivity contribution in [1.29, 1.82) is 0 Å². The van der Waals surface area contributed by atoms with Gasteiger partial charge in [-0.15, -0.1) is 5.10 Å². The molecule has 1 fully saturated rings. The Balaban J connectivity index is 2.08. The summed E-state index contributed by atoms with van der Waals surface area (Å²) in [7, 11) is 0. The van der Waals surface area contributed by atoms with Gasteiger partial charge in [0.1, 0.15) is 0 Å². The summed E-state index contributed by atoms with van der Waals surface area (Å²) >= 11 is 5.73. The van der Waals surface area contributed by atoms with Gasteiger partial charge in [0.15, 0.2) is 5.15 Å². The highest BCUT2D eigenvalue weighted by atomic mass is 35.5. The van der Waals surface area contributed by atoms with Crippen molar-refractivity contribution in [1.82, 2.24) is 10.2 Å². The van der Waals surface area contributed by atoms with Crippen LogP contribution in [-0.4, -0.2) is 27.3 Å². The smallest absolute Gasteiger partial charge is 0.308 e. The molecule has 1 saturated carbocycles. The summed E-state index contributed by atoms with van der Waals surface area (Å²) in [6.07, 6.45) is 5.16. The first-order chi connectivity index (χ1) is 8.16. The van der Waals surface area contributed by atoms with Crippen LogP contribution in [0.4, 0.5) is 5.69 Å². The second-order valence-electron chi connectivity index (χ2n) is 4.25. The van der Waals surface area contributed by atoms with Gasteiger partial charge in [0.2, 0.25) is 0 Å². The van der Waals surface area contributed by atoms with Gasteiger partial charge in [-0.2, -0.15) is 5.10 Å². The fourth-order valence-corrected chi connectivity index (χ4v) is 2.39. The van der Waals surface area contributed by atoms with Gasteiger partial charge in [0.25, 0.3) is 0 Å². The molecule has 1 aromatic rings. The molecule has 1 heterocycles. The molecule has 0 aliphatic heterocycles. The lowest BCUT2D eigenvalue weighted by molar-refractivity contribution is -0.143. The van der Waals surface area contributed by atoms with Crippen molar-refractivity contribution in [2.24, 2.45) is 5.92 Å². The number of nitrogens with one attached hydrogen (secondary N) is 1. The quantitative estimate of drug-likeness (QED) is 0.866. The zero-order valence-corrected chi connectivity index (χ0v) is 10.0. The lowest BCUT2D eigenvalue weighted by atomic mass is 9.84. The lowest BCUT2D eigenvalue weighted by Crippen LogP contribution is -2.37. The van der Waals surface area contributed by atoms with Crippen molar-refractivity contribution >= 4 is 23.3 Å². The molecule has 92 valence electrons. The fourth-order valence-electron chi connectivity index (χ4n) is 2.23. The third-order valence-corrected chi connectivity index (χ3v) is 3.24. The van der Waals surface area contributed by atoms with Crippen LogP contribution >= 0.6 is 11.6 Å². The van der Waals surface area contributed by atoms with E-state index < -0.39 is 5.97 Å². The molecule has 2 unspecified atom stereocenters. The number of anilines is 1. The number of carbonyl (C=O) groups is 1. The zero-order valence-electron chi connectivity index (χ0n) is 9.27. The molecule has 0 bridgehead atoms. The van der Waals surface area contributed by atoms with Crippen LogP contribution in [0.25, 0.3) is 0 Å². The van der Waals surface area contributed by atoms with E-state index in [1.54, 1.807) is 12.3 Å². The minimum absolute atomic E-state index is 0.0542. The molecular formula is C11H14ClN3O2. The molecule has 2 N–H and O–H groups in total. The van der Waals surface area contributed by atoms with Crippen LogP contribution in [0.15, 0.2) is 12.3 Å². The maximum absolute atomic E-state index is 11.1. The summed E-state index contributed by atoms with van der Waals surface area (Å²) in [6.45, 7) is 0. The van der Waals surface area contributed by atoms with Crippen LogP contribution in [0.3, 0.4) is 0 Å². The van der Waals surface area contributed by atoms with E-state index in [4.69, 9.17) is 16.7 Å². The summed E-state index contributed by atoms with van der Waals surface area (Å²) < 4.78 is 0. The van der Waals surface area contributed by atoms with Gasteiger partial charge in [-0.25, -0.2) is 0 Å². The highest BCUT2D eigenvalue weighted by Crippen LogP contribution is 2.27. The SMILES string of the molecule is O=C(O)C1CCCCC1Nc1cnnc(Cl)c1. The van der Waals surface area contributed by atoms with E-state index in [1.807, 2.05) is 0 Å². The number of rotatable bonds is 3. The van der Waals surface area contributed by atoms with Crippen LogP contribution in [-0.2, 0) is 4.79 Å². The number of nitrogens with zero attached hydrogens (tertiary/aromatic N) is 2. The highest BCUT2D eigenvalue weighted by Gasteiger charge is 2.30. The second kappa shape index (κ2) is 5.31. The Morgan fingerprint density at radius 1 is 1.47 bits per heavy atom. The van der Waals surface area contributed by atoms with Gasteiger partial charge < -0.3 is 10.4 Å². The third kappa shape index (κ3) is 3.06. The molecule has 1 aromatic heterocycles. The number of aromatic nitrogens is 2. The first kappa shape index (κ1) is 12.1. The van der Waals surface area contributed by atoms with E-state index in [2.05, 4.69) is 15.5 Å². The molecule has 5 nitrogen and oxygen atoms in total. The van der Waals surface area contributed by atoms with Crippen LogP contribution < -0.4 is 5.32 Å². The summed E-state index contributed by atoms with van der Waals surface area (Å²) in [6, 6.07) is 1.60. The Kier molecular flexibility index (Phi) is 3.78. The number of halogens is 1. The van der Waals surface area contributed by atoms with Gasteiger partial charge in [0.05, 0.1) is 17.8 Å². The molecule has 2 atom stereocenters. The van der Waals surface area contributed by atoms with Crippen molar-refractivity contribution in [2.45, 2.75) is 31.7 Å². The normalized spacial score (nSPS) is 24.3. The van der Waals surface area contributed by atoms with Crippen LogP contribution in [0.2, 0.25) is 5.15 Å². The summed E-state index contributed by atoms with van der Waals surface area (Å²) in [4.78, 5) is 11.1. The monoisotopic (exact) mass is 255 g/mol. The van der Waals surface area contributed by atoms with Crippen LogP contribution in [0, 0.1) is 5.92 Å². The average Bonchev–Trinajstić information content (AvgIpc) is 2.29. The predicted octanol–water partition coefficient (Wildman–Crippen LogP) is 2.19. The minimum Gasteiger partial charge on any atom is -0.481 e. The Hall–Kier alpha value is -1.36. The zero-order chi connectivity index (χ0) is 12.3.